The predicted molar refractivity (Wildman–Crippen MR) is 408 cm³/mol. The molecule has 0 aromatic carbocycles. The number of ether oxygens (including phenoxy) is 2. The van der Waals surface area contributed by atoms with E-state index >= 15 is 0 Å². The van der Waals surface area contributed by atoms with Crippen molar-refractivity contribution in [3.05, 3.63) is 170 Å². The van der Waals surface area contributed by atoms with E-state index in [1.54, 1.807) is 0 Å². The van der Waals surface area contributed by atoms with Crippen LogP contribution in [0.3, 0.4) is 0 Å². The normalized spacial score (nSPS) is 14.1. The SMILES string of the molecule is CC/C=C\C/C=C\C/C=C\C/C=C\C/C=C\C/C=C\C/C=C\C/C=C\C/C=C\CCCCCCCCCCCCCCCC(=O)OC(COC(=O)CCCCCCCCCCCCCCC/C=C\C/C=C\C/C=C\C/C=C\C/C=C\CC)COP(=O)(O)OCC[N+](C)(C)C. The number of hydrogen-bond acceptors (Lipinski definition) is 7. The van der Waals surface area contributed by atoms with Gasteiger partial charge in [-0.3, -0.25) is 18.6 Å². The van der Waals surface area contributed by atoms with E-state index in [4.69, 9.17) is 18.5 Å². The summed E-state index contributed by atoms with van der Waals surface area (Å²) in [7, 11) is 1.46. The van der Waals surface area contributed by atoms with Crippen molar-refractivity contribution in [3.63, 3.8) is 0 Å². The molecule has 9 nitrogen and oxygen atoms in total. The first kappa shape index (κ1) is 89.4. The average molecular weight is 1320 g/mol. The van der Waals surface area contributed by atoms with Crippen LogP contribution >= 0.6 is 7.82 Å². The molecule has 0 saturated carbocycles. The third-order valence-electron chi connectivity index (χ3n) is 15.7. The van der Waals surface area contributed by atoms with Crippen molar-refractivity contribution >= 4 is 19.8 Å². The highest BCUT2D eigenvalue weighted by molar-refractivity contribution is 7.47. The zero-order chi connectivity index (χ0) is 68.3. The summed E-state index contributed by atoms with van der Waals surface area (Å²) in [6.07, 6.45) is 110. The van der Waals surface area contributed by atoms with Crippen molar-refractivity contribution in [2.24, 2.45) is 0 Å². The lowest BCUT2D eigenvalue weighted by atomic mass is 10.0. The molecule has 0 rings (SSSR count). The fraction of sp³-hybridized carbons (Fsp3) is 0.643. The van der Waals surface area contributed by atoms with Crippen LogP contribution in [0.25, 0.3) is 0 Å². The smallest absolute Gasteiger partial charge is 0.462 e. The van der Waals surface area contributed by atoms with E-state index in [2.05, 4.69) is 184 Å². The number of likely N-dealkylation sites (N-methyl/N-ethyl adjacent to an activating group) is 1. The molecule has 0 aliphatic carbocycles. The van der Waals surface area contributed by atoms with Crippen molar-refractivity contribution < 1.29 is 42.1 Å². The number of carbonyl (C=O) groups is 2. The van der Waals surface area contributed by atoms with Crippen LogP contribution in [0.2, 0.25) is 0 Å². The van der Waals surface area contributed by atoms with Crippen LogP contribution in [0, 0.1) is 0 Å². The second-order valence-electron chi connectivity index (χ2n) is 25.9. The molecule has 0 heterocycles. The Hall–Kier alpha value is -4.63. The Morgan fingerprint density at radius 3 is 0.851 bits per heavy atom. The van der Waals surface area contributed by atoms with Gasteiger partial charge in [-0.25, -0.2) is 4.57 Å². The topological polar surface area (TPSA) is 108 Å². The Balaban J connectivity index is 4.05. The van der Waals surface area contributed by atoms with E-state index < -0.39 is 26.5 Å². The van der Waals surface area contributed by atoms with Crippen LogP contribution in [0.5, 0.6) is 0 Å². The average Bonchev–Trinajstić information content (AvgIpc) is 1.57. The van der Waals surface area contributed by atoms with Crippen LogP contribution < -0.4 is 0 Å². The van der Waals surface area contributed by atoms with Gasteiger partial charge in [-0.2, -0.15) is 0 Å². The summed E-state index contributed by atoms with van der Waals surface area (Å²) in [5.41, 5.74) is 0. The number of phosphoric acid groups is 1. The lowest BCUT2D eigenvalue weighted by molar-refractivity contribution is -0.870. The molecule has 0 aromatic rings. The first-order valence-electron chi connectivity index (χ1n) is 37.9. The minimum atomic E-state index is -4.40. The molecule has 94 heavy (non-hydrogen) atoms. The maximum Gasteiger partial charge on any atom is 0.472 e. The Morgan fingerprint density at radius 1 is 0.330 bits per heavy atom. The maximum atomic E-state index is 12.9. The third-order valence-corrected chi connectivity index (χ3v) is 16.7. The highest BCUT2D eigenvalue weighted by Crippen LogP contribution is 2.43. The van der Waals surface area contributed by atoms with Crippen LogP contribution in [-0.4, -0.2) is 74.9 Å². The van der Waals surface area contributed by atoms with Crippen molar-refractivity contribution in [1.29, 1.82) is 0 Å². The van der Waals surface area contributed by atoms with Gasteiger partial charge in [0.25, 0.3) is 0 Å². The van der Waals surface area contributed by atoms with Gasteiger partial charge >= 0.3 is 19.8 Å². The Bertz CT molecular complexity index is 2200. The van der Waals surface area contributed by atoms with Gasteiger partial charge in [0, 0.05) is 12.8 Å². The van der Waals surface area contributed by atoms with Crippen molar-refractivity contribution in [2.75, 3.05) is 47.5 Å². The first-order chi connectivity index (χ1) is 46.0. The van der Waals surface area contributed by atoms with Crippen LogP contribution in [0.1, 0.15) is 296 Å². The Kier molecular flexibility index (Phi) is 69.1. The maximum absolute atomic E-state index is 12.9. The number of phosphoric ester groups is 1. The van der Waals surface area contributed by atoms with Gasteiger partial charge in [-0.05, 0) is 128 Å². The standard InChI is InChI=1S/C84H140NO8P/c1-6-8-10-12-14-16-18-20-22-24-26-28-30-32-34-36-37-38-39-40-41-42-43-44-45-46-47-49-51-53-55-57-59-61-63-65-67-69-71-73-75-77-84(87)93-82(81-92-94(88,89)91-79-78-85(3,4)5)80-90-83(86)76-74-72-70-68-66-64-62-60-58-56-54-52-50-48-35-33-31-29-27-25-23-21-19-17-15-13-11-9-7-2/h8-11,14-17,20-23,26-29,32-35,37-38,40-41,43-44,46-47,82H,6-7,12-13,18-19,24-25,30-31,36,39,42,45,48-81H2,1-5H3/p+1/b10-8-,11-9-,16-14-,17-15-,22-20-,23-21-,28-26-,29-27-,34-32-,35-33-,38-37-,41-40-,44-43-,47-46-. The molecule has 2 atom stereocenters. The fourth-order valence-electron chi connectivity index (χ4n) is 10.0. The first-order valence-corrected chi connectivity index (χ1v) is 39.4. The monoisotopic (exact) mass is 1320 g/mol. The van der Waals surface area contributed by atoms with Gasteiger partial charge in [0.15, 0.2) is 6.10 Å². The summed E-state index contributed by atoms with van der Waals surface area (Å²) >= 11 is 0. The molecule has 0 aliphatic rings. The lowest BCUT2D eigenvalue weighted by Gasteiger charge is -2.24. The summed E-state index contributed by atoms with van der Waals surface area (Å²) in [6.45, 7) is 4.21. The lowest BCUT2D eigenvalue weighted by Crippen LogP contribution is -2.37. The molecule has 0 radical (unpaired) electrons. The molecule has 0 fully saturated rings. The molecule has 0 amide bonds. The predicted octanol–water partition coefficient (Wildman–Crippen LogP) is 25.3. The molecule has 2 unspecified atom stereocenters. The second-order valence-corrected chi connectivity index (χ2v) is 27.4. The number of rotatable bonds is 68. The highest BCUT2D eigenvalue weighted by atomic mass is 31.2. The van der Waals surface area contributed by atoms with Crippen molar-refractivity contribution in [3.8, 4) is 0 Å². The molecule has 0 aliphatic heterocycles. The molecule has 0 saturated heterocycles. The minimum absolute atomic E-state index is 0.0248. The second kappa shape index (κ2) is 72.6. The van der Waals surface area contributed by atoms with Crippen LogP contribution in [0.4, 0.5) is 0 Å². The molecule has 0 spiro atoms. The van der Waals surface area contributed by atoms with E-state index in [9.17, 15) is 19.0 Å². The summed E-state index contributed by atoms with van der Waals surface area (Å²) < 4.78 is 34.8. The van der Waals surface area contributed by atoms with E-state index in [0.717, 1.165) is 128 Å². The van der Waals surface area contributed by atoms with Gasteiger partial charge in [-0.15, -0.1) is 0 Å². The van der Waals surface area contributed by atoms with Crippen molar-refractivity contribution in [2.45, 2.75) is 302 Å². The van der Waals surface area contributed by atoms with Gasteiger partial charge in [0.05, 0.1) is 27.7 Å². The number of unbranched alkanes of at least 4 members (excludes halogenated alkanes) is 26. The summed E-state index contributed by atoms with van der Waals surface area (Å²) in [5.74, 6) is -0.802. The molecule has 1 N–H and O–H groups in total. The third kappa shape index (κ3) is 76.4. The summed E-state index contributed by atoms with van der Waals surface area (Å²) in [4.78, 5) is 36.0. The number of esters is 2. The van der Waals surface area contributed by atoms with E-state index in [1.165, 1.54) is 135 Å². The van der Waals surface area contributed by atoms with Gasteiger partial charge in [-0.1, -0.05) is 325 Å². The van der Waals surface area contributed by atoms with E-state index in [-0.39, 0.29) is 32.0 Å². The largest absolute Gasteiger partial charge is 0.472 e. The number of quaternary nitrogens is 1. The molecular weight excluding hydrogens is 1180 g/mol. The van der Waals surface area contributed by atoms with Crippen LogP contribution in [0.15, 0.2) is 170 Å². The number of allylic oxidation sites excluding steroid dienone is 28. The number of hydrogen-bond donors (Lipinski definition) is 1. The summed E-state index contributed by atoms with van der Waals surface area (Å²) in [6, 6.07) is 0. The molecule has 10 heteroatoms. The van der Waals surface area contributed by atoms with E-state index in [0.29, 0.717) is 17.4 Å². The number of nitrogens with zero attached hydrogens (tertiary/aromatic N) is 1. The molecule has 534 valence electrons. The minimum Gasteiger partial charge on any atom is -0.462 e. The van der Waals surface area contributed by atoms with Gasteiger partial charge in [0.1, 0.15) is 19.8 Å². The number of carbonyl (C=O) groups excluding carboxylic acids is 2. The zero-order valence-corrected chi connectivity index (χ0v) is 61.8. The Morgan fingerprint density at radius 2 is 0.574 bits per heavy atom. The fourth-order valence-corrected chi connectivity index (χ4v) is 10.8. The quantitative estimate of drug-likeness (QED) is 0.0211. The van der Waals surface area contributed by atoms with Gasteiger partial charge in [0.2, 0.25) is 0 Å². The molecule has 0 aromatic heterocycles. The van der Waals surface area contributed by atoms with Crippen molar-refractivity contribution in [1.82, 2.24) is 0 Å². The highest BCUT2D eigenvalue weighted by Gasteiger charge is 2.27. The van der Waals surface area contributed by atoms with Gasteiger partial charge < -0.3 is 18.9 Å². The molecule has 0 bridgehead atoms. The zero-order valence-electron chi connectivity index (χ0n) is 60.9. The molecular formula is C84H141NO8P+. The summed E-state index contributed by atoms with van der Waals surface area (Å²) in [5, 5.41) is 0. The van der Waals surface area contributed by atoms with Crippen LogP contribution in [-0.2, 0) is 32.7 Å². The Labute approximate surface area is 578 Å². The van der Waals surface area contributed by atoms with E-state index in [1.807, 2.05) is 21.1 Å².